The number of aromatic nitrogens is 1. The molecule has 7 nitrogen and oxygen atoms in total. The van der Waals surface area contributed by atoms with Gasteiger partial charge in [-0.05, 0) is 36.8 Å². The molecule has 0 aliphatic carbocycles. The summed E-state index contributed by atoms with van der Waals surface area (Å²) in [5.74, 6) is 0.292. The zero-order valence-corrected chi connectivity index (χ0v) is 16.4. The van der Waals surface area contributed by atoms with Crippen molar-refractivity contribution in [1.29, 1.82) is 0 Å². The lowest BCUT2D eigenvalue weighted by Gasteiger charge is -2.13. The molecule has 0 spiro atoms. The SMILES string of the molecule is COc1cccc(OC)c1C(=O)NC(=O)Nc1ccc(-c2ccccc2)c(C)n1. The van der Waals surface area contributed by atoms with Crippen LogP contribution in [0.3, 0.4) is 0 Å². The Morgan fingerprint density at radius 1 is 0.862 bits per heavy atom. The van der Waals surface area contributed by atoms with Crippen LogP contribution in [0, 0.1) is 6.92 Å². The van der Waals surface area contributed by atoms with E-state index in [0.29, 0.717) is 17.3 Å². The van der Waals surface area contributed by atoms with Crippen LogP contribution in [0.4, 0.5) is 10.6 Å². The topological polar surface area (TPSA) is 89.5 Å². The number of imide groups is 1. The minimum atomic E-state index is -0.706. The third-order valence-electron chi connectivity index (χ3n) is 4.29. The second-order valence-electron chi connectivity index (χ2n) is 6.14. The average molecular weight is 391 g/mol. The van der Waals surface area contributed by atoms with E-state index in [4.69, 9.17) is 9.47 Å². The number of amides is 3. The standard InChI is InChI=1S/C22H21N3O4/c1-14-16(15-8-5-4-6-9-15)12-13-19(23-14)24-22(27)25-21(26)20-17(28-2)10-7-11-18(20)29-3/h4-13H,1-3H3,(H2,23,24,25,26,27). The van der Waals surface area contributed by atoms with Crippen LogP contribution >= 0.6 is 0 Å². The molecule has 7 heteroatoms. The second-order valence-corrected chi connectivity index (χ2v) is 6.14. The number of ether oxygens (including phenoxy) is 2. The Bertz CT molecular complexity index is 1010. The molecule has 29 heavy (non-hydrogen) atoms. The number of hydrogen-bond acceptors (Lipinski definition) is 5. The van der Waals surface area contributed by atoms with Crippen molar-refractivity contribution in [3.05, 3.63) is 71.9 Å². The number of hydrogen-bond donors (Lipinski definition) is 2. The fourth-order valence-electron chi connectivity index (χ4n) is 2.94. The summed E-state index contributed by atoms with van der Waals surface area (Å²) in [5.41, 5.74) is 2.89. The summed E-state index contributed by atoms with van der Waals surface area (Å²) in [6, 6.07) is 17.6. The number of urea groups is 1. The second kappa shape index (κ2) is 8.88. The normalized spacial score (nSPS) is 10.2. The first-order valence-corrected chi connectivity index (χ1v) is 8.90. The summed E-state index contributed by atoms with van der Waals surface area (Å²) < 4.78 is 10.4. The molecule has 3 rings (SSSR count). The Labute approximate surface area is 168 Å². The van der Waals surface area contributed by atoms with Crippen molar-refractivity contribution in [3.8, 4) is 22.6 Å². The molecule has 0 saturated heterocycles. The number of pyridine rings is 1. The van der Waals surface area contributed by atoms with Crippen molar-refractivity contribution >= 4 is 17.8 Å². The van der Waals surface area contributed by atoms with Gasteiger partial charge in [0, 0.05) is 11.3 Å². The Balaban J connectivity index is 1.73. The average Bonchev–Trinajstić information content (AvgIpc) is 2.73. The number of anilines is 1. The van der Waals surface area contributed by atoms with Gasteiger partial charge < -0.3 is 9.47 Å². The molecule has 0 aliphatic heterocycles. The highest BCUT2D eigenvalue weighted by atomic mass is 16.5. The van der Waals surface area contributed by atoms with Crippen LogP contribution in [0.1, 0.15) is 16.1 Å². The van der Waals surface area contributed by atoms with Crippen molar-refractivity contribution in [2.24, 2.45) is 0 Å². The number of benzene rings is 2. The van der Waals surface area contributed by atoms with Gasteiger partial charge in [0.05, 0.1) is 14.2 Å². The molecule has 3 amide bonds. The predicted octanol–water partition coefficient (Wildman–Crippen LogP) is 4.04. The third kappa shape index (κ3) is 4.52. The van der Waals surface area contributed by atoms with Gasteiger partial charge in [0.15, 0.2) is 0 Å². The largest absolute Gasteiger partial charge is 0.496 e. The number of nitrogens with one attached hydrogen (secondary N) is 2. The lowest BCUT2D eigenvalue weighted by atomic mass is 10.0. The predicted molar refractivity (Wildman–Crippen MR) is 110 cm³/mol. The molecule has 1 heterocycles. The summed E-state index contributed by atoms with van der Waals surface area (Å²) in [5, 5.41) is 4.84. The highest BCUT2D eigenvalue weighted by Crippen LogP contribution is 2.28. The van der Waals surface area contributed by atoms with Crippen molar-refractivity contribution < 1.29 is 19.1 Å². The third-order valence-corrected chi connectivity index (χ3v) is 4.29. The van der Waals surface area contributed by atoms with E-state index in [1.54, 1.807) is 24.3 Å². The molecule has 148 valence electrons. The molecule has 0 aliphatic rings. The van der Waals surface area contributed by atoms with E-state index in [9.17, 15) is 9.59 Å². The monoisotopic (exact) mass is 391 g/mol. The number of carbonyl (C=O) groups excluding carboxylic acids is 2. The molecule has 1 aromatic heterocycles. The van der Waals surface area contributed by atoms with Crippen LogP contribution in [0.25, 0.3) is 11.1 Å². The maximum atomic E-state index is 12.6. The highest BCUT2D eigenvalue weighted by molar-refractivity contribution is 6.10. The number of nitrogens with zero attached hydrogens (tertiary/aromatic N) is 1. The maximum Gasteiger partial charge on any atom is 0.327 e. The number of methoxy groups -OCH3 is 2. The molecule has 0 saturated carbocycles. The van der Waals surface area contributed by atoms with E-state index < -0.39 is 11.9 Å². The van der Waals surface area contributed by atoms with Gasteiger partial charge in [-0.3, -0.25) is 15.4 Å². The van der Waals surface area contributed by atoms with Gasteiger partial charge in [-0.25, -0.2) is 9.78 Å². The van der Waals surface area contributed by atoms with E-state index in [1.165, 1.54) is 14.2 Å². The molecule has 0 unspecified atom stereocenters. The summed E-state index contributed by atoms with van der Waals surface area (Å²) in [6.45, 7) is 1.86. The Kier molecular flexibility index (Phi) is 6.09. The highest BCUT2D eigenvalue weighted by Gasteiger charge is 2.20. The van der Waals surface area contributed by atoms with Crippen molar-refractivity contribution in [2.75, 3.05) is 19.5 Å². The van der Waals surface area contributed by atoms with Crippen LogP contribution in [0.5, 0.6) is 11.5 Å². The van der Waals surface area contributed by atoms with Crippen molar-refractivity contribution in [3.63, 3.8) is 0 Å². The molecular formula is C22H21N3O4. The van der Waals surface area contributed by atoms with Crippen LogP contribution in [-0.2, 0) is 0 Å². The van der Waals surface area contributed by atoms with Crippen molar-refractivity contribution in [2.45, 2.75) is 6.92 Å². The lowest BCUT2D eigenvalue weighted by Crippen LogP contribution is -2.35. The molecule has 2 aromatic carbocycles. The minimum Gasteiger partial charge on any atom is -0.496 e. The van der Waals surface area contributed by atoms with E-state index in [0.717, 1.165) is 16.8 Å². The fourth-order valence-corrected chi connectivity index (χ4v) is 2.94. The van der Waals surface area contributed by atoms with Crippen LogP contribution in [-0.4, -0.2) is 31.1 Å². The number of aryl methyl sites for hydroxylation is 1. The van der Waals surface area contributed by atoms with Gasteiger partial charge >= 0.3 is 6.03 Å². The molecule has 3 aromatic rings. The van der Waals surface area contributed by atoms with Crippen LogP contribution in [0.2, 0.25) is 0 Å². The molecular weight excluding hydrogens is 370 g/mol. The molecule has 0 fully saturated rings. The molecule has 0 atom stereocenters. The molecule has 0 radical (unpaired) electrons. The Hall–Kier alpha value is -3.87. The van der Waals surface area contributed by atoms with Gasteiger partial charge in [-0.15, -0.1) is 0 Å². The first-order chi connectivity index (χ1) is 14.0. The first kappa shape index (κ1) is 19.9. The molecule has 2 N–H and O–H groups in total. The van der Waals surface area contributed by atoms with E-state index in [2.05, 4.69) is 15.6 Å². The van der Waals surface area contributed by atoms with Gasteiger partial charge in [0.1, 0.15) is 22.9 Å². The molecule has 0 bridgehead atoms. The quantitative estimate of drug-likeness (QED) is 0.685. The van der Waals surface area contributed by atoms with Gasteiger partial charge in [-0.1, -0.05) is 36.4 Å². The summed E-state index contributed by atoms with van der Waals surface area (Å²) >= 11 is 0. The number of rotatable bonds is 5. The summed E-state index contributed by atoms with van der Waals surface area (Å²) in [4.78, 5) is 29.3. The van der Waals surface area contributed by atoms with Crippen molar-refractivity contribution in [1.82, 2.24) is 10.3 Å². The van der Waals surface area contributed by atoms with E-state index in [-0.39, 0.29) is 5.56 Å². The maximum absolute atomic E-state index is 12.6. The lowest BCUT2D eigenvalue weighted by molar-refractivity contribution is 0.0961. The zero-order valence-electron chi connectivity index (χ0n) is 16.4. The number of carbonyl (C=O) groups is 2. The smallest absolute Gasteiger partial charge is 0.327 e. The van der Waals surface area contributed by atoms with Crippen LogP contribution < -0.4 is 20.1 Å². The summed E-state index contributed by atoms with van der Waals surface area (Å²) in [7, 11) is 2.87. The van der Waals surface area contributed by atoms with Gasteiger partial charge in [0.25, 0.3) is 5.91 Å². The van der Waals surface area contributed by atoms with E-state index in [1.807, 2.05) is 43.3 Å². The zero-order chi connectivity index (χ0) is 20.8. The minimum absolute atomic E-state index is 0.135. The first-order valence-electron chi connectivity index (χ1n) is 8.90. The fraction of sp³-hybridized carbons (Fsp3) is 0.136. The summed E-state index contributed by atoms with van der Waals surface area (Å²) in [6.07, 6.45) is 0. The Morgan fingerprint density at radius 3 is 2.10 bits per heavy atom. The van der Waals surface area contributed by atoms with Crippen LogP contribution in [0.15, 0.2) is 60.7 Å². The Morgan fingerprint density at radius 2 is 1.52 bits per heavy atom. The van der Waals surface area contributed by atoms with E-state index >= 15 is 0 Å². The van der Waals surface area contributed by atoms with Gasteiger partial charge in [-0.2, -0.15) is 0 Å². The van der Waals surface area contributed by atoms with Gasteiger partial charge in [0.2, 0.25) is 0 Å².